The fourth-order valence-corrected chi connectivity index (χ4v) is 2.57. The Bertz CT molecular complexity index is 547. The van der Waals surface area contributed by atoms with Gasteiger partial charge in [0.15, 0.2) is 0 Å². The first-order valence-corrected chi connectivity index (χ1v) is 7.50. The molecule has 0 unspecified atom stereocenters. The lowest BCUT2D eigenvalue weighted by atomic mass is 10.2. The van der Waals surface area contributed by atoms with Gasteiger partial charge in [0.05, 0.1) is 12.1 Å². The molecule has 0 spiro atoms. The van der Waals surface area contributed by atoms with Crippen LogP contribution < -0.4 is 10.2 Å². The average Bonchev–Trinajstić information content (AvgIpc) is 2.47. The minimum Gasteiger partial charge on any atom is -0.350 e. The summed E-state index contributed by atoms with van der Waals surface area (Å²) >= 11 is 2.99. The van der Waals surface area contributed by atoms with Gasteiger partial charge in [-0.05, 0) is 22.0 Å². The number of rotatable bonds is 3. The van der Waals surface area contributed by atoms with Crippen molar-refractivity contribution < 1.29 is 18.0 Å². The molecule has 2 rings (SSSR count). The number of carbonyl (C=O) groups is 1. The summed E-state index contributed by atoms with van der Waals surface area (Å²) in [4.78, 5) is 18.8. The van der Waals surface area contributed by atoms with Crippen LogP contribution in [-0.2, 0) is 11.0 Å². The highest BCUT2D eigenvalue weighted by Crippen LogP contribution is 2.36. The van der Waals surface area contributed by atoms with Gasteiger partial charge in [0, 0.05) is 43.9 Å². The average molecular weight is 381 g/mol. The summed E-state index contributed by atoms with van der Waals surface area (Å²) in [5.41, 5.74) is -0.863. The van der Waals surface area contributed by atoms with Crippen LogP contribution in [0.4, 0.5) is 19.0 Å². The number of aromatic nitrogens is 1. The molecule has 1 N–H and O–H groups in total. The molecule has 1 saturated heterocycles. The van der Waals surface area contributed by atoms with Crippen molar-refractivity contribution in [3.8, 4) is 0 Å². The van der Waals surface area contributed by atoms with E-state index < -0.39 is 11.7 Å². The van der Waals surface area contributed by atoms with Crippen LogP contribution in [0.2, 0.25) is 0 Å². The summed E-state index contributed by atoms with van der Waals surface area (Å²) < 4.78 is 39.5. The number of likely N-dealkylation sites (N-methyl/N-ethyl adjacent to an activating group) is 1. The van der Waals surface area contributed by atoms with Gasteiger partial charge in [-0.25, -0.2) is 4.98 Å². The van der Waals surface area contributed by atoms with E-state index in [1.807, 2.05) is 0 Å². The molecule has 122 valence electrons. The zero-order chi connectivity index (χ0) is 16.3. The van der Waals surface area contributed by atoms with Crippen LogP contribution in [0.1, 0.15) is 5.56 Å². The number of pyridine rings is 1. The van der Waals surface area contributed by atoms with Crippen molar-refractivity contribution in [3.63, 3.8) is 0 Å². The van der Waals surface area contributed by atoms with Crippen LogP contribution in [0.15, 0.2) is 16.7 Å². The van der Waals surface area contributed by atoms with Crippen LogP contribution in [-0.4, -0.2) is 55.6 Å². The maximum Gasteiger partial charge on any atom is 0.419 e. The fourth-order valence-electron chi connectivity index (χ4n) is 2.24. The van der Waals surface area contributed by atoms with Gasteiger partial charge in [0.25, 0.3) is 0 Å². The van der Waals surface area contributed by atoms with E-state index in [1.54, 1.807) is 4.90 Å². The van der Waals surface area contributed by atoms with Crippen molar-refractivity contribution >= 4 is 27.7 Å². The molecule has 0 aromatic carbocycles. The molecule has 0 bridgehead atoms. The number of nitrogens with zero attached hydrogens (tertiary/aromatic N) is 3. The molecule has 1 aromatic heterocycles. The number of alkyl halides is 3. The minimum absolute atomic E-state index is 0.141. The van der Waals surface area contributed by atoms with Gasteiger partial charge < -0.3 is 15.1 Å². The molecule has 0 aliphatic carbocycles. The summed E-state index contributed by atoms with van der Waals surface area (Å²) in [6.07, 6.45) is -3.24. The highest BCUT2D eigenvalue weighted by atomic mass is 79.9. The molecule has 1 aliphatic heterocycles. The highest BCUT2D eigenvalue weighted by Gasteiger charge is 2.36. The van der Waals surface area contributed by atoms with Gasteiger partial charge in [0.1, 0.15) is 5.82 Å². The monoisotopic (exact) mass is 380 g/mol. The molecule has 1 fully saturated rings. The molecular weight excluding hydrogens is 365 g/mol. The van der Waals surface area contributed by atoms with Gasteiger partial charge in [-0.15, -0.1) is 0 Å². The van der Waals surface area contributed by atoms with Crippen LogP contribution in [0, 0.1) is 0 Å². The molecule has 22 heavy (non-hydrogen) atoms. The third kappa shape index (κ3) is 4.10. The Kier molecular flexibility index (Phi) is 5.28. The molecule has 0 radical (unpaired) electrons. The molecular formula is C13H16BrF3N4O. The first-order valence-electron chi connectivity index (χ1n) is 6.71. The summed E-state index contributed by atoms with van der Waals surface area (Å²) in [6, 6.07) is 0.966. The third-order valence-corrected chi connectivity index (χ3v) is 3.78. The van der Waals surface area contributed by atoms with Crippen molar-refractivity contribution in [1.29, 1.82) is 0 Å². The zero-order valence-corrected chi connectivity index (χ0v) is 13.5. The number of hydrogen-bond donors (Lipinski definition) is 1. The SMILES string of the molecule is CN(CC(=O)N1CCNCC1)c1ncc(Br)cc1C(F)(F)F. The molecule has 0 saturated carbocycles. The summed E-state index contributed by atoms with van der Waals surface area (Å²) in [7, 11) is 1.44. The van der Waals surface area contributed by atoms with Crippen LogP contribution >= 0.6 is 15.9 Å². The lowest BCUT2D eigenvalue weighted by molar-refractivity contribution is -0.137. The Morgan fingerprint density at radius 3 is 2.68 bits per heavy atom. The Labute approximate surface area is 134 Å². The van der Waals surface area contributed by atoms with Crippen molar-refractivity contribution in [1.82, 2.24) is 15.2 Å². The molecule has 5 nitrogen and oxygen atoms in total. The number of amides is 1. The molecule has 1 aromatic rings. The first kappa shape index (κ1) is 17.0. The number of carbonyl (C=O) groups excluding carboxylic acids is 1. The Balaban J connectivity index is 2.15. The second-order valence-corrected chi connectivity index (χ2v) is 5.92. The van der Waals surface area contributed by atoms with E-state index in [1.165, 1.54) is 18.1 Å². The molecule has 9 heteroatoms. The van der Waals surface area contributed by atoms with Crippen molar-refractivity contribution in [2.45, 2.75) is 6.18 Å². The van der Waals surface area contributed by atoms with Crippen LogP contribution in [0.5, 0.6) is 0 Å². The highest BCUT2D eigenvalue weighted by molar-refractivity contribution is 9.10. The van der Waals surface area contributed by atoms with Gasteiger partial charge in [0.2, 0.25) is 5.91 Å². The lowest BCUT2D eigenvalue weighted by Gasteiger charge is -2.30. The van der Waals surface area contributed by atoms with E-state index in [-0.39, 0.29) is 22.7 Å². The van der Waals surface area contributed by atoms with E-state index in [4.69, 9.17) is 0 Å². The van der Waals surface area contributed by atoms with Crippen LogP contribution in [0.25, 0.3) is 0 Å². The van der Waals surface area contributed by atoms with E-state index in [0.717, 1.165) is 6.07 Å². The van der Waals surface area contributed by atoms with E-state index in [0.29, 0.717) is 26.2 Å². The van der Waals surface area contributed by atoms with Crippen LogP contribution in [0.3, 0.4) is 0 Å². The quantitative estimate of drug-likeness (QED) is 0.867. The maximum absolute atomic E-state index is 13.1. The van der Waals surface area contributed by atoms with E-state index in [2.05, 4.69) is 26.2 Å². The van der Waals surface area contributed by atoms with Gasteiger partial charge in [-0.2, -0.15) is 13.2 Å². The minimum atomic E-state index is -4.53. The Hall–Kier alpha value is -1.35. The number of anilines is 1. The first-order chi connectivity index (χ1) is 10.3. The Morgan fingerprint density at radius 1 is 1.45 bits per heavy atom. The molecule has 1 amide bonds. The predicted molar refractivity (Wildman–Crippen MR) is 79.7 cm³/mol. The topological polar surface area (TPSA) is 48.5 Å². The normalized spacial score (nSPS) is 15.8. The fraction of sp³-hybridized carbons (Fsp3) is 0.538. The lowest BCUT2D eigenvalue weighted by Crippen LogP contribution is -2.49. The second-order valence-electron chi connectivity index (χ2n) is 5.01. The van der Waals surface area contributed by atoms with Crippen molar-refractivity contribution in [2.24, 2.45) is 0 Å². The standard InChI is InChI=1S/C13H16BrF3N4O/c1-20(8-11(22)21-4-2-18-3-5-21)12-10(13(15,16)17)6-9(14)7-19-12/h6-7,18H,2-5,8H2,1H3. The van der Waals surface area contributed by atoms with Gasteiger partial charge in [-0.1, -0.05) is 0 Å². The molecule has 2 heterocycles. The number of hydrogen-bond acceptors (Lipinski definition) is 4. The summed E-state index contributed by atoms with van der Waals surface area (Å²) in [5, 5.41) is 3.12. The van der Waals surface area contributed by atoms with Gasteiger partial charge >= 0.3 is 6.18 Å². The third-order valence-electron chi connectivity index (χ3n) is 3.34. The largest absolute Gasteiger partial charge is 0.419 e. The zero-order valence-electron chi connectivity index (χ0n) is 12.0. The van der Waals surface area contributed by atoms with Crippen molar-refractivity contribution in [3.05, 3.63) is 22.3 Å². The van der Waals surface area contributed by atoms with E-state index >= 15 is 0 Å². The number of nitrogens with one attached hydrogen (secondary N) is 1. The van der Waals surface area contributed by atoms with E-state index in [9.17, 15) is 18.0 Å². The molecule has 1 aliphatic rings. The second kappa shape index (κ2) is 6.82. The summed E-state index contributed by atoms with van der Waals surface area (Å²) in [5.74, 6) is -0.457. The number of halogens is 4. The van der Waals surface area contributed by atoms with Crippen molar-refractivity contribution in [2.75, 3.05) is 44.7 Å². The maximum atomic E-state index is 13.1. The van der Waals surface area contributed by atoms with Gasteiger partial charge in [-0.3, -0.25) is 4.79 Å². The smallest absolute Gasteiger partial charge is 0.350 e. The Morgan fingerprint density at radius 2 is 2.09 bits per heavy atom. The molecule has 0 atom stereocenters. The predicted octanol–water partition coefficient (Wildman–Crippen LogP) is 1.73. The summed E-state index contributed by atoms with van der Waals surface area (Å²) in [6.45, 7) is 2.37. The number of piperazine rings is 1.